The molecule has 2 nitrogen and oxygen atoms in total. The van der Waals surface area contributed by atoms with Crippen LogP contribution in [0.3, 0.4) is 0 Å². The topological polar surface area (TPSA) is 29.3 Å². The molecule has 2 N–H and O–H groups in total. The van der Waals surface area contributed by atoms with Crippen molar-refractivity contribution in [3.63, 3.8) is 0 Å². The molecule has 110 valence electrons. The highest BCUT2D eigenvalue weighted by atomic mass is 32.2. The van der Waals surface area contributed by atoms with Crippen LogP contribution in [0.15, 0.2) is 18.2 Å². The summed E-state index contributed by atoms with van der Waals surface area (Å²) in [5.74, 6) is 7.12. The lowest BCUT2D eigenvalue weighted by atomic mass is 10.1. The van der Waals surface area contributed by atoms with Gasteiger partial charge in [0.2, 0.25) is 0 Å². The Balaban J connectivity index is 2.44. The fourth-order valence-corrected chi connectivity index (χ4v) is 2.80. The van der Waals surface area contributed by atoms with E-state index in [1.807, 2.05) is 12.1 Å². The molecule has 0 aliphatic heterocycles. The molecule has 0 bridgehead atoms. The number of thioether (sulfide) groups is 1. The van der Waals surface area contributed by atoms with E-state index in [0.29, 0.717) is 17.9 Å². The van der Waals surface area contributed by atoms with Crippen molar-refractivity contribution in [1.29, 1.82) is 0 Å². The molecule has 0 saturated heterocycles. The highest BCUT2D eigenvalue weighted by Crippen LogP contribution is 2.17. The summed E-state index contributed by atoms with van der Waals surface area (Å²) in [6, 6.07) is 5.16. The van der Waals surface area contributed by atoms with Gasteiger partial charge >= 0.3 is 0 Å². The number of benzene rings is 1. The number of hydrogen-bond acceptors (Lipinski definition) is 3. The number of nitrogens with zero attached hydrogens (tertiary/aromatic N) is 1. The van der Waals surface area contributed by atoms with Crippen molar-refractivity contribution < 1.29 is 4.39 Å². The molecular formula is C16H23FN2S. The summed E-state index contributed by atoms with van der Waals surface area (Å²) in [5, 5.41) is 0. The number of hydrogen-bond donors (Lipinski definition) is 1. The SMILES string of the molecule is CCN(CC)CCSCc1ccc(C#CCN)cc1F. The molecule has 0 aromatic heterocycles. The normalized spacial score (nSPS) is 10.4. The Morgan fingerprint density at radius 3 is 2.65 bits per heavy atom. The minimum absolute atomic E-state index is 0.177. The zero-order valence-corrected chi connectivity index (χ0v) is 13.1. The van der Waals surface area contributed by atoms with Crippen molar-refractivity contribution in [2.24, 2.45) is 5.73 Å². The summed E-state index contributed by atoms with van der Waals surface area (Å²) >= 11 is 1.77. The van der Waals surface area contributed by atoms with E-state index in [9.17, 15) is 4.39 Å². The first-order valence-corrected chi connectivity index (χ1v) is 8.14. The van der Waals surface area contributed by atoms with Gasteiger partial charge in [0.15, 0.2) is 0 Å². The van der Waals surface area contributed by atoms with Crippen LogP contribution in [-0.2, 0) is 5.75 Å². The summed E-state index contributed by atoms with van der Waals surface area (Å²) in [6.07, 6.45) is 0. The average molecular weight is 294 g/mol. The van der Waals surface area contributed by atoms with E-state index in [2.05, 4.69) is 30.6 Å². The van der Waals surface area contributed by atoms with Crippen LogP contribution in [0.25, 0.3) is 0 Å². The van der Waals surface area contributed by atoms with Crippen LogP contribution in [0.5, 0.6) is 0 Å². The number of halogens is 1. The fourth-order valence-electron chi connectivity index (χ4n) is 1.81. The Hall–Kier alpha value is -1.02. The van der Waals surface area contributed by atoms with Crippen molar-refractivity contribution in [2.45, 2.75) is 19.6 Å². The van der Waals surface area contributed by atoms with Gasteiger partial charge in [0, 0.05) is 23.6 Å². The molecule has 0 unspecified atom stereocenters. The van der Waals surface area contributed by atoms with Crippen molar-refractivity contribution in [3.05, 3.63) is 35.1 Å². The summed E-state index contributed by atoms with van der Waals surface area (Å²) in [5.41, 5.74) is 6.73. The smallest absolute Gasteiger partial charge is 0.128 e. The Morgan fingerprint density at radius 2 is 2.05 bits per heavy atom. The molecule has 0 atom stereocenters. The molecule has 0 spiro atoms. The minimum atomic E-state index is -0.177. The molecule has 0 radical (unpaired) electrons. The van der Waals surface area contributed by atoms with Crippen LogP contribution in [0.4, 0.5) is 4.39 Å². The lowest BCUT2D eigenvalue weighted by molar-refractivity contribution is 0.324. The lowest BCUT2D eigenvalue weighted by Crippen LogP contribution is -2.25. The molecule has 0 fully saturated rings. The maximum absolute atomic E-state index is 13.9. The molecule has 1 aromatic rings. The van der Waals surface area contributed by atoms with Gasteiger partial charge in [-0.25, -0.2) is 4.39 Å². The molecular weight excluding hydrogens is 271 g/mol. The van der Waals surface area contributed by atoms with Crippen LogP contribution in [0.1, 0.15) is 25.0 Å². The molecule has 1 rings (SSSR count). The molecule has 1 aromatic carbocycles. The van der Waals surface area contributed by atoms with Crippen molar-refractivity contribution in [3.8, 4) is 11.8 Å². The average Bonchev–Trinajstić information content (AvgIpc) is 2.47. The molecule has 0 aliphatic carbocycles. The molecule has 20 heavy (non-hydrogen) atoms. The number of rotatable bonds is 7. The molecule has 4 heteroatoms. The first-order valence-electron chi connectivity index (χ1n) is 6.98. The predicted molar refractivity (Wildman–Crippen MR) is 86.3 cm³/mol. The summed E-state index contributed by atoms with van der Waals surface area (Å²) in [4.78, 5) is 2.37. The fraction of sp³-hybridized carbons (Fsp3) is 0.500. The van der Waals surface area contributed by atoms with Gasteiger partial charge in [0.1, 0.15) is 5.82 Å². The second-order valence-electron chi connectivity index (χ2n) is 4.39. The summed E-state index contributed by atoms with van der Waals surface area (Å²) < 4.78 is 13.9. The van der Waals surface area contributed by atoms with Gasteiger partial charge in [-0.05, 0) is 30.8 Å². The van der Waals surface area contributed by atoms with Gasteiger partial charge in [-0.15, -0.1) is 0 Å². The van der Waals surface area contributed by atoms with Crippen LogP contribution in [0.2, 0.25) is 0 Å². The molecule has 0 heterocycles. The van der Waals surface area contributed by atoms with Gasteiger partial charge in [-0.2, -0.15) is 11.8 Å². The lowest BCUT2D eigenvalue weighted by Gasteiger charge is -2.17. The van der Waals surface area contributed by atoms with Crippen LogP contribution in [0, 0.1) is 17.7 Å². The van der Waals surface area contributed by atoms with E-state index in [1.54, 1.807) is 11.8 Å². The minimum Gasteiger partial charge on any atom is -0.320 e. The third-order valence-corrected chi connectivity index (χ3v) is 4.08. The summed E-state index contributed by atoms with van der Waals surface area (Å²) in [7, 11) is 0. The highest BCUT2D eigenvalue weighted by Gasteiger charge is 2.04. The zero-order valence-electron chi connectivity index (χ0n) is 12.3. The van der Waals surface area contributed by atoms with Crippen molar-refractivity contribution in [2.75, 3.05) is 31.9 Å². The Morgan fingerprint density at radius 1 is 1.30 bits per heavy atom. The van der Waals surface area contributed by atoms with E-state index in [-0.39, 0.29) is 5.82 Å². The molecule has 0 amide bonds. The van der Waals surface area contributed by atoms with Gasteiger partial charge in [-0.3, -0.25) is 0 Å². The Kier molecular flexibility index (Phi) is 8.36. The van der Waals surface area contributed by atoms with Crippen LogP contribution in [-0.4, -0.2) is 36.8 Å². The quantitative estimate of drug-likeness (QED) is 0.619. The van der Waals surface area contributed by atoms with Crippen LogP contribution >= 0.6 is 11.8 Å². The highest BCUT2D eigenvalue weighted by molar-refractivity contribution is 7.98. The monoisotopic (exact) mass is 294 g/mol. The standard InChI is InChI=1S/C16H23FN2S/c1-3-19(4-2)10-11-20-13-15-8-7-14(6-5-9-18)12-16(15)17/h7-8,12H,3-4,9-11,13,18H2,1-2H3. The van der Waals surface area contributed by atoms with Crippen molar-refractivity contribution >= 4 is 11.8 Å². The van der Waals surface area contributed by atoms with Crippen LogP contribution < -0.4 is 5.73 Å². The van der Waals surface area contributed by atoms with E-state index in [1.165, 1.54) is 6.07 Å². The van der Waals surface area contributed by atoms with Crippen molar-refractivity contribution in [1.82, 2.24) is 4.90 Å². The Labute approximate surface area is 125 Å². The second-order valence-corrected chi connectivity index (χ2v) is 5.50. The maximum atomic E-state index is 13.9. The first kappa shape index (κ1) is 17.0. The largest absolute Gasteiger partial charge is 0.320 e. The third kappa shape index (κ3) is 5.96. The van der Waals surface area contributed by atoms with Gasteiger partial charge in [0.25, 0.3) is 0 Å². The third-order valence-electron chi connectivity index (χ3n) is 3.09. The zero-order chi connectivity index (χ0) is 14.8. The van der Waals surface area contributed by atoms with E-state index >= 15 is 0 Å². The predicted octanol–water partition coefficient (Wildman–Crippen LogP) is 2.71. The molecule has 0 aliphatic rings. The number of nitrogens with two attached hydrogens (primary N) is 1. The van der Waals surface area contributed by atoms with E-state index < -0.39 is 0 Å². The summed E-state index contributed by atoms with van der Waals surface area (Å²) in [6.45, 7) is 7.81. The maximum Gasteiger partial charge on any atom is 0.128 e. The van der Waals surface area contributed by atoms with E-state index in [4.69, 9.17) is 5.73 Å². The Bertz CT molecular complexity index is 461. The van der Waals surface area contributed by atoms with Gasteiger partial charge in [0.05, 0.1) is 6.54 Å². The molecule has 0 saturated carbocycles. The second kappa shape index (κ2) is 9.82. The van der Waals surface area contributed by atoms with E-state index in [0.717, 1.165) is 31.0 Å². The van der Waals surface area contributed by atoms with Gasteiger partial charge in [-0.1, -0.05) is 31.8 Å². The first-order chi connectivity index (χ1) is 9.71. The van der Waals surface area contributed by atoms with Gasteiger partial charge < -0.3 is 10.6 Å².